The van der Waals surface area contributed by atoms with Gasteiger partial charge in [-0.3, -0.25) is 0 Å². The Bertz CT molecular complexity index is 1330. The van der Waals surface area contributed by atoms with Crippen molar-refractivity contribution in [2.45, 2.75) is 38.8 Å². The molecule has 5 rings (SSSR count). The number of hydrogen-bond donors (Lipinski definition) is 2. The number of sulfonamides is 1. The van der Waals surface area contributed by atoms with E-state index in [-0.39, 0.29) is 6.04 Å². The van der Waals surface area contributed by atoms with Crippen LogP contribution in [0.4, 0.5) is 11.6 Å². The van der Waals surface area contributed by atoms with Crippen molar-refractivity contribution in [3.8, 4) is 5.75 Å². The van der Waals surface area contributed by atoms with Gasteiger partial charge in [-0.05, 0) is 62.4 Å². The smallest absolute Gasteiger partial charge is 0.229 e. The van der Waals surface area contributed by atoms with E-state index in [9.17, 15) is 8.42 Å². The van der Waals surface area contributed by atoms with E-state index < -0.39 is 10.0 Å². The molecule has 0 amide bonds. The molecule has 1 saturated carbocycles. The fraction of sp³-hybridized carbons (Fsp3) is 0.522. The minimum absolute atomic E-state index is 0.194. The Morgan fingerprint density at radius 3 is 2.76 bits per heavy atom. The molecule has 0 radical (unpaired) electrons. The highest BCUT2D eigenvalue weighted by Crippen LogP contribution is 2.39. The first-order chi connectivity index (χ1) is 16.2. The summed E-state index contributed by atoms with van der Waals surface area (Å²) >= 11 is 0. The maximum Gasteiger partial charge on any atom is 0.229 e. The van der Waals surface area contributed by atoms with E-state index in [1.807, 2.05) is 17.8 Å². The summed E-state index contributed by atoms with van der Waals surface area (Å²) in [5.74, 6) is 1.57. The molecule has 0 atom stereocenters. The van der Waals surface area contributed by atoms with Gasteiger partial charge < -0.3 is 15.0 Å². The quantitative estimate of drug-likeness (QED) is 0.524. The summed E-state index contributed by atoms with van der Waals surface area (Å²) in [5.41, 5.74) is 5.10. The van der Waals surface area contributed by atoms with Crippen LogP contribution in [0.2, 0.25) is 0 Å². The first-order valence-electron chi connectivity index (χ1n) is 11.5. The van der Waals surface area contributed by atoms with Crippen LogP contribution in [0, 0.1) is 12.8 Å². The van der Waals surface area contributed by atoms with Crippen molar-refractivity contribution in [2.24, 2.45) is 5.92 Å². The SMILES string of the molecule is COc1cc2c(cc1Nc1ncc3c(C)nn(C4CC(CNS(C)(=O)=O)C4)c3n1)CN(C)CC2. The van der Waals surface area contributed by atoms with E-state index in [1.165, 1.54) is 17.4 Å². The van der Waals surface area contributed by atoms with E-state index in [0.717, 1.165) is 60.5 Å². The van der Waals surface area contributed by atoms with E-state index in [4.69, 9.17) is 14.8 Å². The second kappa shape index (κ2) is 8.79. The molecule has 0 spiro atoms. The molecule has 1 aromatic carbocycles. The minimum Gasteiger partial charge on any atom is -0.495 e. The number of hydrogen-bond acceptors (Lipinski definition) is 8. The van der Waals surface area contributed by atoms with Crippen molar-refractivity contribution in [2.75, 3.05) is 38.8 Å². The maximum atomic E-state index is 11.4. The van der Waals surface area contributed by atoms with E-state index >= 15 is 0 Å². The predicted molar refractivity (Wildman–Crippen MR) is 131 cm³/mol. The number of anilines is 2. The van der Waals surface area contributed by atoms with Crippen molar-refractivity contribution in [1.29, 1.82) is 0 Å². The van der Waals surface area contributed by atoms with Gasteiger partial charge in [-0.25, -0.2) is 22.8 Å². The zero-order valence-electron chi connectivity index (χ0n) is 20.0. The van der Waals surface area contributed by atoms with Gasteiger partial charge in [-0.2, -0.15) is 10.1 Å². The summed E-state index contributed by atoms with van der Waals surface area (Å²) in [6.07, 6.45) is 5.72. The van der Waals surface area contributed by atoms with Gasteiger partial charge in [0.25, 0.3) is 0 Å². The topological polar surface area (TPSA) is 114 Å². The Morgan fingerprint density at radius 1 is 1.24 bits per heavy atom. The molecule has 1 fully saturated rings. The number of fused-ring (bicyclic) bond motifs is 2. The van der Waals surface area contributed by atoms with Crippen LogP contribution in [-0.4, -0.2) is 66.6 Å². The molecule has 0 saturated heterocycles. The number of likely N-dealkylation sites (N-methyl/N-ethyl adjacent to an activating group) is 1. The fourth-order valence-corrected chi connectivity index (χ4v) is 5.37. The Kier molecular flexibility index (Phi) is 5.95. The summed E-state index contributed by atoms with van der Waals surface area (Å²) in [6, 6.07) is 4.43. The number of nitrogens with one attached hydrogen (secondary N) is 2. The predicted octanol–water partition coefficient (Wildman–Crippen LogP) is 2.38. The van der Waals surface area contributed by atoms with Crippen LogP contribution in [0.3, 0.4) is 0 Å². The molecule has 2 N–H and O–H groups in total. The third-order valence-electron chi connectivity index (χ3n) is 6.80. The van der Waals surface area contributed by atoms with Crippen LogP contribution in [0.15, 0.2) is 18.3 Å². The van der Waals surface area contributed by atoms with E-state index in [1.54, 1.807) is 7.11 Å². The molecule has 10 nitrogen and oxygen atoms in total. The highest BCUT2D eigenvalue weighted by Gasteiger charge is 2.33. The molecule has 0 bridgehead atoms. The van der Waals surface area contributed by atoms with Crippen molar-refractivity contribution >= 4 is 32.7 Å². The van der Waals surface area contributed by atoms with Gasteiger partial charge in [0.2, 0.25) is 16.0 Å². The number of benzene rings is 1. The number of methoxy groups -OCH3 is 1. The van der Waals surface area contributed by atoms with Crippen LogP contribution in [0.25, 0.3) is 11.0 Å². The number of ether oxygens (including phenoxy) is 1. The highest BCUT2D eigenvalue weighted by molar-refractivity contribution is 7.88. The summed E-state index contributed by atoms with van der Waals surface area (Å²) in [4.78, 5) is 11.6. The summed E-state index contributed by atoms with van der Waals surface area (Å²) < 4.78 is 33.0. The van der Waals surface area contributed by atoms with Crippen LogP contribution in [-0.2, 0) is 23.0 Å². The second-order valence-corrected chi connectivity index (χ2v) is 11.3. The fourth-order valence-electron chi connectivity index (χ4n) is 4.83. The van der Waals surface area contributed by atoms with Gasteiger partial charge in [-0.15, -0.1) is 0 Å². The summed E-state index contributed by atoms with van der Waals surface area (Å²) in [5, 5.41) is 8.99. The molecular formula is C23H31N7O3S. The second-order valence-electron chi connectivity index (χ2n) is 9.51. The molecule has 1 aliphatic carbocycles. The average molecular weight is 486 g/mol. The third kappa shape index (κ3) is 4.59. The lowest BCUT2D eigenvalue weighted by molar-refractivity contribution is 0.189. The van der Waals surface area contributed by atoms with Crippen molar-refractivity contribution < 1.29 is 13.2 Å². The average Bonchev–Trinajstić information content (AvgIpc) is 3.07. The summed E-state index contributed by atoms with van der Waals surface area (Å²) in [7, 11) is 0.632. The summed E-state index contributed by atoms with van der Waals surface area (Å²) in [6.45, 7) is 4.36. The zero-order valence-corrected chi connectivity index (χ0v) is 20.8. The molecule has 2 aromatic heterocycles. The lowest BCUT2D eigenvalue weighted by Gasteiger charge is -2.35. The largest absolute Gasteiger partial charge is 0.495 e. The number of aryl methyl sites for hydroxylation is 1. The van der Waals surface area contributed by atoms with Crippen LogP contribution >= 0.6 is 0 Å². The van der Waals surface area contributed by atoms with Gasteiger partial charge in [0.05, 0.1) is 36.2 Å². The van der Waals surface area contributed by atoms with Gasteiger partial charge in [0.15, 0.2) is 5.65 Å². The standard InChI is InChI=1S/C23H31N7O3S/c1-14-19-12-24-23(26-20-9-17-13-29(2)6-5-16(17)10-21(20)33-3)27-22(19)30(28-14)18-7-15(8-18)11-25-34(4,31)32/h9-10,12,15,18,25H,5-8,11,13H2,1-4H3,(H,24,26,27). The van der Waals surface area contributed by atoms with Gasteiger partial charge in [-0.1, -0.05) is 0 Å². The number of nitrogens with zero attached hydrogens (tertiary/aromatic N) is 5. The number of rotatable bonds is 7. The van der Waals surface area contributed by atoms with Gasteiger partial charge >= 0.3 is 0 Å². The maximum absolute atomic E-state index is 11.4. The molecule has 3 aromatic rings. The molecule has 1 aliphatic heterocycles. The minimum atomic E-state index is -3.17. The Morgan fingerprint density at radius 2 is 2.03 bits per heavy atom. The van der Waals surface area contributed by atoms with E-state index in [0.29, 0.717) is 18.4 Å². The Labute approximate surface area is 199 Å². The van der Waals surface area contributed by atoms with Crippen molar-refractivity contribution in [3.63, 3.8) is 0 Å². The van der Waals surface area contributed by atoms with E-state index in [2.05, 4.69) is 39.1 Å². The monoisotopic (exact) mass is 485 g/mol. The molecule has 2 aliphatic rings. The Hall–Kier alpha value is -2.76. The first-order valence-corrected chi connectivity index (χ1v) is 13.4. The molecule has 34 heavy (non-hydrogen) atoms. The molecule has 182 valence electrons. The lowest BCUT2D eigenvalue weighted by Crippen LogP contribution is -2.37. The molecule has 0 unspecified atom stereocenters. The zero-order chi connectivity index (χ0) is 24.0. The third-order valence-corrected chi connectivity index (χ3v) is 7.49. The highest BCUT2D eigenvalue weighted by atomic mass is 32.2. The van der Waals surface area contributed by atoms with Gasteiger partial charge in [0, 0.05) is 25.8 Å². The molecule has 11 heteroatoms. The van der Waals surface area contributed by atoms with Gasteiger partial charge in [0.1, 0.15) is 5.75 Å². The normalized spacial score (nSPS) is 20.7. The lowest BCUT2D eigenvalue weighted by atomic mass is 9.80. The van der Waals surface area contributed by atoms with Crippen molar-refractivity contribution in [1.82, 2.24) is 29.4 Å². The van der Waals surface area contributed by atoms with Crippen LogP contribution < -0.4 is 14.8 Å². The Balaban J connectivity index is 1.38. The molecular weight excluding hydrogens is 454 g/mol. The van der Waals surface area contributed by atoms with Crippen molar-refractivity contribution in [3.05, 3.63) is 35.2 Å². The first kappa shape index (κ1) is 23.0. The number of aromatic nitrogens is 4. The van der Waals surface area contributed by atoms with Crippen LogP contribution in [0.1, 0.15) is 35.7 Å². The van der Waals surface area contributed by atoms with Crippen LogP contribution in [0.5, 0.6) is 5.75 Å². The molecule has 3 heterocycles.